The zero-order valence-electron chi connectivity index (χ0n) is 17.5. The molecule has 1 fully saturated rings. The van der Waals surface area contributed by atoms with Gasteiger partial charge in [-0.2, -0.15) is 0 Å². The van der Waals surface area contributed by atoms with Gasteiger partial charge in [-0.15, -0.1) is 11.3 Å². The second-order valence-corrected chi connectivity index (χ2v) is 9.24. The van der Waals surface area contributed by atoms with Crippen LogP contribution in [0.3, 0.4) is 0 Å². The van der Waals surface area contributed by atoms with Crippen molar-refractivity contribution in [3.63, 3.8) is 0 Å². The van der Waals surface area contributed by atoms with Crippen LogP contribution >= 0.6 is 22.9 Å². The van der Waals surface area contributed by atoms with Gasteiger partial charge in [0.05, 0.1) is 10.9 Å². The zero-order valence-corrected chi connectivity index (χ0v) is 19.1. The van der Waals surface area contributed by atoms with Crippen LogP contribution in [0.25, 0.3) is 16.8 Å². The number of pyridine rings is 1. The van der Waals surface area contributed by atoms with Crippen molar-refractivity contribution in [2.75, 3.05) is 32.5 Å². The first-order chi connectivity index (χ1) is 15.5. The number of piperazine rings is 1. The highest BCUT2D eigenvalue weighted by Gasteiger charge is 2.36. The van der Waals surface area contributed by atoms with Crippen LogP contribution in [-0.4, -0.2) is 59.4 Å². The topological polar surface area (TPSA) is 88.8 Å². The number of hydrogen-bond acceptors (Lipinski definition) is 6. The van der Waals surface area contributed by atoms with E-state index in [9.17, 15) is 9.59 Å². The number of halogens is 1. The molecule has 0 saturated carbocycles. The number of carbonyl (C=O) groups is 2. The monoisotopic (exact) mass is 470 g/mol. The molecule has 2 amide bonds. The number of anilines is 1. The van der Waals surface area contributed by atoms with Crippen molar-refractivity contribution >= 4 is 57.4 Å². The minimum atomic E-state index is -0.668. The Hall–Kier alpha value is -2.94. The van der Waals surface area contributed by atoms with E-state index in [1.54, 1.807) is 28.1 Å². The van der Waals surface area contributed by atoms with Gasteiger partial charge in [-0.3, -0.25) is 9.59 Å². The van der Waals surface area contributed by atoms with Crippen LogP contribution in [0, 0.1) is 0 Å². The van der Waals surface area contributed by atoms with Crippen molar-refractivity contribution in [1.29, 1.82) is 0 Å². The van der Waals surface area contributed by atoms with Crippen molar-refractivity contribution < 1.29 is 14.3 Å². The molecule has 2 aromatic heterocycles. The Labute approximate surface area is 195 Å². The van der Waals surface area contributed by atoms with Crippen LogP contribution in [0.15, 0.2) is 48.7 Å². The van der Waals surface area contributed by atoms with Crippen LogP contribution in [0.5, 0.6) is 0 Å². The minimum absolute atomic E-state index is 0.131. The number of rotatable bonds is 6. The molecule has 7 nitrogen and oxygen atoms in total. The number of aromatic nitrogens is 1. The average molecular weight is 471 g/mol. The molecule has 0 bridgehead atoms. The van der Waals surface area contributed by atoms with Crippen molar-refractivity contribution in [1.82, 2.24) is 14.8 Å². The number of carbonyl (C=O) groups excluding carboxylic acids is 2. The van der Waals surface area contributed by atoms with Crippen LogP contribution in [0.2, 0.25) is 4.34 Å². The predicted octanol–water partition coefficient (Wildman–Crippen LogP) is 3.43. The lowest BCUT2D eigenvalue weighted by atomic mass is 10.1. The molecule has 1 saturated heterocycles. The van der Waals surface area contributed by atoms with Crippen LogP contribution < -0.4 is 5.73 Å². The van der Waals surface area contributed by atoms with Crippen molar-refractivity contribution in [3.05, 3.63) is 63.4 Å². The molecular weight excluding hydrogens is 448 g/mol. The molecule has 1 aliphatic heterocycles. The molecule has 2 N–H and O–H groups in total. The third-order valence-corrected chi connectivity index (χ3v) is 6.61. The number of nitrogens with zero attached hydrogens (tertiary/aromatic N) is 3. The third-order valence-electron chi connectivity index (χ3n) is 5.41. The Bertz CT molecular complexity index is 1180. The normalized spacial score (nSPS) is 16.9. The van der Waals surface area contributed by atoms with Gasteiger partial charge in [0.15, 0.2) is 0 Å². The van der Waals surface area contributed by atoms with Gasteiger partial charge in [-0.05, 0) is 41.3 Å². The van der Waals surface area contributed by atoms with Crippen molar-refractivity contribution in [2.45, 2.75) is 12.6 Å². The Morgan fingerprint density at radius 3 is 2.91 bits per heavy atom. The molecule has 3 heterocycles. The highest BCUT2D eigenvalue weighted by atomic mass is 35.5. The third kappa shape index (κ3) is 4.77. The van der Waals surface area contributed by atoms with Crippen LogP contribution in [0.1, 0.15) is 10.4 Å². The maximum Gasteiger partial charge on any atom is 0.248 e. The van der Waals surface area contributed by atoms with Gasteiger partial charge in [0, 0.05) is 49.3 Å². The maximum atomic E-state index is 13.2. The number of thiophene rings is 1. The number of ether oxygens (including phenoxy) is 1. The molecule has 1 aromatic carbocycles. The Morgan fingerprint density at radius 2 is 2.16 bits per heavy atom. The molecule has 0 radical (unpaired) electrons. The summed E-state index contributed by atoms with van der Waals surface area (Å²) < 4.78 is 5.92. The van der Waals surface area contributed by atoms with E-state index in [2.05, 4.69) is 4.98 Å². The first-order valence-electron chi connectivity index (χ1n) is 10.1. The van der Waals surface area contributed by atoms with Gasteiger partial charge in [-0.1, -0.05) is 23.7 Å². The predicted molar refractivity (Wildman–Crippen MR) is 127 cm³/mol. The molecule has 0 spiro atoms. The summed E-state index contributed by atoms with van der Waals surface area (Å²) in [5.41, 5.74) is 6.92. The molecule has 32 heavy (non-hydrogen) atoms. The number of methoxy groups -OCH3 is 1. The number of amides is 2. The summed E-state index contributed by atoms with van der Waals surface area (Å²) >= 11 is 7.33. The quantitative estimate of drug-likeness (QED) is 0.557. The van der Waals surface area contributed by atoms with Crippen LogP contribution in [-0.2, 0) is 20.9 Å². The zero-order chi connectivity index (χ0) is 22.7. The van der Waals surface area contributed by atoms with E-state index in [1.807, 2.05) is 30.3 Å². The first kappa shape index (κ1) is 22.3. The van der Waals surface area contributed by atoms with E-state index >= 15 is 0 Å². The Balaban J connectivity index is 1.48. The van der Waals surface area contributed by atoms with Gasteiger partial charge < -0.3 is 20.3 Å². The fraction of sp³-hybridized carbons (Fsp3) is 0.261. The molecule has 0 aliphatic carbocycles. The number of hydrogen-bond donors (Lipinski definition) is 1. The van der Waals surface area contributed by atoms with Crippen molar-refractivity contribution in [2.24, 2.45) is 0 Å². The van der Waals surface area contributed by atoms with E-state index in [0.717, 1.165) is 21.2 Å². The van der Waals surface area contributed by atoms with Gasteiger partial charge in [0.1, 0.15) is 11.9 Å². The number of nitrogen functional groups attached to an aromatic ring is 1. The minimum Gasteiger partial charge on any atom is -0.383 e. The smallest absolute Gasteiger partial charge is 0.248 e. The molecule has 166 valence electrons. The lowest BCUT2D eigenvalue weighted by Crippen LogP contribution is -2.59. The summed E-state index contributed by atoms with van der Waals surface area (Å²) in [6.07, 6.45) is 4.87. The Morgan fingerprint density at radius 1 is 1.31 bits per heavy atom. The standard InChI is InChI=1S/C23H23ClN4O3S/c1-31-14-19-23(30)27(13-15-2-5-18-16(12-15)8-9-26-22(18)25)10-11-28(19)21(29)7-4-17-3-6-20(24)32-17/h2-9,12,19H,10-11,13-14H2,1H3,(H2,25,26)/t19-/m0/s1. The molecule has 3 aromatic rings. The summed E-state index contributed by atoms with van der Waals surface area (Å²) in [5.74, 6) is 0.127. The molecular formula is C23H23ClN4O3S. The summed E-state index contributed by atoms with van der Waals surface area (Å²) in [7, 11) is 1.53. The van der Waals surface area contributed by atoms with Crippen molar-refractivity contribution in [3.8, 4) is 0 Å². The summed E-state index contributed by atoms with van der Waals surface area (Å²) in [4.78, 5) is 34.4. The fourth-order valence-corrected chi connectivity index (χ4v) is 4.78. The van der Waals surface area contributed by atoms with Gasteiger partial charge >= 0.3 is 0 Å². The summed E-state index contributed by atoms with van der Waals surface area (Å²) in [5, 5.41) is 1.86. The summed E-state index contributed by atoms with van der Waals surface area (Å²) in [6.45, 7) is 1.46. The molecule has 4 rings (SSSR count). The number of fused-ring (bicyclic) bond motifs is 1. The number of benzene rings is 1. The Kier molecular flexibility index (Phi) is 6.74. The number of nitrogens with two attached hydrogens (primary N) is 1. The van der Waals surface area contributed by atoms with E-state index in [4.69, 9.17) is 22.1 Å². The van der Waals surface area contributed by atoms with Gasteiger partial charge in [0.2, 0.25) is 11.8 Å². The second kappa shape index (κ2) is 9.68. The second-order valence-electron chi connectivity index (χ2n) is 7.49. The molecule has 1 aliphatic rings. The van der Waals surface area contributed by atoms with Gasteiger partial charge in [0.25, 0.3) is 0 Å². The van der Waals surface area contributed by atoms with Gasteiger partial charge in [-0.25, -0.2) is 4.98 Å². The van der Waals surface area contributed by atoms with E-state index in [-0.39, 0.29) is 18.4 Å². The highest BCUT2D eigenvalue weighted by molar-refractivity contribution is 7.17. The largest absolute Gasteiger partial charge is 0.383 e. The molecule has 0 unspecified atom stereocenters. The lowest BCUT2D eigenvalue weighted by molar-refractivity contribution is -0.152. The lowest BCUT2D eigenvalue weighted by Gasteiger charge is -2.40. The average Bonchev–Trinajstić information content (AvgIpc) is 3.20. The summed E-state index contributed by atoms with van der Waals surface area (Å²) in [6, 6.07) is 10.7. The maximum absolute atomic E-state index is 13.2. The molecule has 1 atom stereocenters. The SMILES string of the molecule is COC[C@H]1C(=O)N(Cc2ccc3c(N)nccc3c2)CCN1C(=O)C=Cc1ccc(Cl)s1. The van der Waals surface area contributed by atoms with E-state index in [0.29, 0.717) is 29.8 Å². The molecule has 9 heteroatoms. The first-order valence-corrected chi connectivity index (χ1v) is 11.3. The van der Waals surface area contributed by atoms with E-state index < -0.39 is 6.04 Å². The van der Waals surface area contributed by atoms with Crippen LogP contribution in [0.4, 0.5) is 5.82 Å². The highest BCUT2D eigenvalue weighted by Crippen LogP contribution is 2.24. The van der Waals surface area contributed by atoms with E-state index in [1.165, 1.54) is 24.5 Å². The fourth-order valence-electron chi connectivity index (χ4n) is 3.81.